The molecule has 28 heavy (non-hydrogen) atoms. The fourth-order valence-corrected chi connectivity index (χ4v) is 3.20. The Morgan fingerprint density at radius 1 is 1.04 bits per heavy atom. The summed E-state index contributed by atoms with van der Waals surface area (Å²) < 4.78 is 0. The average molecular weight is 386 g/mol. The highest BCUT2D eigenvalue weighted by Crippen LogP contribution is 2.44. The van der Waals surface area contributed by atoms with E-state index in [1.54, 1.807) is 26.2 Å². The Hall–Kier alpha value is -3.29. The maximum absolute atomic E-state index is 12.2. The summed E-state index contributed by atoms with van der Waals surface area (Å²) >= 11 is 0. The number of carbonyl (C=O) groups excluding carboxylic acids is 1. The van der Waals surface area contributed by atoms with Gasteiger partial charge in [-0.2, -0.15) is 0 Å². The van der Waals surface area contributed by atoms with Crippen LogP contribution in [0.15, 0.2) is 30.0 Å². The number of hydrogen-bond donors (Lipinski definition) is 6. The Morgan fingerprint density at radius 2 is 1.75 bits per heavy atom. The molecule has 2 aromatic rings. The standard InChI is InChI=1S/C20H26N4O4/c1-24(2)20(28)13-10-7-11-14(17(13)25)22-16-15(18(26)23-19(16)27)21-12-8-5-3-4-6-9-12/h7-8,10-11,21-23,25-27H,3-6,9H2,1-2H3. The van der Waals surface area contributed by atoms with E-state index >= 15 is 0 Å². The molecule has 8 heteroatoms. The van der Waals surface area contributed by atoms with Crippen molar-refractivity contribution in [2.24, 2.45) is 0 Å². The van der Waals surface area contributed by atoms with Crippen molar-refractivity contribution in [1.29, 1.82) is 0 Å². The molecule has 0 saturated heterocycles. The second-order valence-electron chi connectivity index (χ2n) is 7.05. The summed E-state index contributed by atoms with van der Waals surface area (Å²) in [6, 6.07) is 4.73. The number of carbonyl (C=O) groups is 1. The van der Waals surface area contributed by atoms with Gasteiger partial charge in [0.15, 0.2) is 5.75 Å². The second kappa shape index (κ2) is 8.16. The molecule has 0 atom stereocenters. The molecule has 1 aliphatic rings. The normalized spacial score (nSPS) is 14.1. The number of benzene rings is 1. The third-order valence-electron chi connectivity index (χ3n) is 4.72. The van der Waals surface area contributed by atoms with Gasteiger partial charge >= 0.3 is 0 Å². The number of aromatic nitrogens is 1. The molecule has 1 aromatic heterocycles. The van der Waals surface area contributed by atoms with Gasteiger partial charge in [0.25, 0.3) is 5.91 Å². The summed E-state index contributed by atoms with van der Waals surface area (Å²) in [6.07, 6.45) is 7.22. The number of nitrogens with zero attached hydrogens (tertiary/aromatic N) is 1. The SMILES string of the molecule is CN(C)C(=O)c1cccc(Nc2c(O)[nH]c(O)c2NC2=CCCCCC2)c1O. The lowest BCUT2D eigenvalue weighted by atomic mass is 10.1. The highest BCUT2D eigenvalue weighted by Gasteiger charge is 2.21. The van der Waals surface area contributed by atoms with Crippen LogP contribution in [0.3, 0.4) is 0 Å². The molecule has 0 fully saturated rings. The van der Waals surface area contributed by atoms with E-state index in [1.165, 1.54) is 11.0 Å². The predicted molar refractivity (Wildman–Crippen MR) is 108 cm³/mol. The number of para-hydroxylation sites is 1. The zero-order valence-electron chi connectivity index (χ0n) is 16.0. The van der Waals surface area contributed by atoms with Gasteiger partial charge in [-0.25, -0.2) is 0 Å². The van der Waals surface area contributed by atoms with E-state index in [2.05, 4.69) is 21.7 Å². The summed E-state index contributed by atoms with van der Waals surface area (Å²) in [6.45, 7) is 0. The van der Waals surface area contributed by atoms with Crippen LogP contribution < -0.4 is 10.6 Å². The van der Waals surface area contributed by atoms with Crippen LogP contribution in [0.4, 0.5) is 17.1 Å². The van der Waals surface area contributed by atoms with Crippen molar-refractivity contribution in [3.8, 4) is 17.5 Å². The molecule has 1 amide bonds. The first-order valence-corrected chi connectivity index (χ1v) is 9.29. The molecule has 150 valence electrons. The van der Waals surface area contributed by atoms with Crippen LogP contribution in [-0.4, -0.2) is 45.2 Å². The molecular weight excluding hydrogens is 360 g/mol. The number of phenolic OH excluding ortho intramolecular Hbond substituents is 1. The number of aromatic amines is 1. The summed E-state index contributed by atoms with van der Waals surface area (Å²) in [5, 5.41) is 37.0. The molecule has 0 unspecified atom stereocenters. The van der Waals surface area contributed by atoms with Crippen molar-refractivity contribution in [2.75, 3.05) is 24.7 Å². The van der Waals surface area contributed by atoms with Crippen LogP contribution in [0, 0.1) is 0 Å². The van der Waals surface area contributed by atoms with Crippen molar-refractivity contribution < 1.29 is 20.1 Å². The number of rotatable bonds is 5. The van der Waals surface area contributed by atoms with Gasteiger partial charge in [0, 0.05) is 19.8 Å². The maximum Gasteiger partial charge on any atom is 0.257 e. The van der Waals surface area contributed by atoms with Crippen LogP contribution in [0.25, 0.3) is 0 Å². The number of H-pyrrole nitrogens is 1. The minimum Gasteiger partial charge on any atom is -0.505 e. The third-order valence-corrected chi connectivity index (χ3v) is 4.72. The zero-order valence-corrected chi connectivity index (χ0v) is 16.0. The Morgan fingerprint density at radius 3 is 2.46 bits per heavy atom. The Labute approximate surface area is 163 Å². The number of anilines is 3. The molecule has 1 heterocycles. The molecule has 1 aromatic carbocycles. The van der Waals surface area contributed by atoms with Crippen LogP contribution in [0.2, 0.25) is 0 Å². The van der Waals surface area contributed by atoms with Crippen molar-refractivity contribution in [2.45, 2.75) is 32.1 Å². The summed E-state index contributed by atoms with van der Waals surface area (Å²) in [5.74, 6) is -1.08. The smallest absolute Gasteiger partial charge is 0.257 e. The van der Waals surface area contributed by atoms with E-state index in [9.17, 15) is 20.1 Å². The molecule has 0 radical (unpaired) electrons. The molecule has 0 bridgehead atoms. The first-order chi connectivity index (χ1) is 13.4. The van der Waals surface area contributed by atoms with E-state index in [-0.39, 0.29) is 46.0 Å². The van der Waals surface area contributed by atoms with Crippen molar-refractivity contribution >= 4 is 23.0 Å². The molecular formula is C20H26N4O4. The van der Waals surface area contributed by atoms with Crippen molar-refractivity contribution in [1.82, 2.24) is 9.88 Å². The van der Waals surface area contributed by atoms with Crippen molar-refractivity contribution in [3.63, 3.8) is 0 Å². The lowest BCUT2D eigenvalue weighted by Gasteiger charge is -2.16. The largest absolute Gasteiger partial charge is 0.505 e. The number of aromatic hydroxyl groups is 3. The topological polar surface area (TPSA) is 121 Å². The van der Waals surface area contributed by atoms with Gasteiger partial charge in [0.1, 0.15) is 11.4 Å². The summed E-state index contributed by atoms with van der Waals surface area (Å²) in [4.78, 5) is 16.1. The van der Waals surface area contributed by atoms with Crippen LogP contribution in [0.1, 0.15) is 42.5 Å². The van der Waals surface area contributed by atoms with Gasteiger partial charge in [0.2, 0.25) is 11.8 Å². The predicted octanol–water partition coefficient (Wildman–Crippen LogP) is 3.84. The molecule has 3 rings (SSSR count). The number of amides is 1. The number of nitrogens with one attached hydrogen (secondary N) is 3. The maximum atomic E-state index is 12.2. The number of hydrogen-bond acceptors (Lipinski definition) is 6. The van der Waals surface area contributed by atoms with Gasteiger partial charge in [-0.15, -0.1) is 0 Å². The van der Waals surface area contributed by atoms with E-state index in [1.807, 2.05) is 0 Å². The van der Waals surface area contributed by atoms with E-state index in [0.717, 1.165) is 37.8 Å². The van der Waals surface area contributed by atoms with Gasteiger partial charge in [0.05, 0.1) is 11.3 Å². The van der Waals surface area contributed by atoms with Crippen LogP contribution in [-0.2, 0) is 0 Å². The van der Waals surface area contributed by atoms with Gasteiger partial charge in [-0.05, 0) is 37.8 Å². The van der Waals surface area contributed by atoms with E-state index in [4.69, 9.17) is 0 Å². The summed E-state index contributed by atoms with van der Waals surface area (Å²) in [7, 11) is 3.20. The lowest BCUT2D eigenvalue weighted by Crippen LogP contribution is -2.21. The molecule has 0 spiro atoms. The Kier molecular flexibility index (Phi) is 5.67. The minimum absolute atomic E-state index is 0.134. The highest BCUT2D eigenvalue weighted by molar-refractivity contribution is 5.99. The van der Waals surface area contributed by atoms with Crippen LogP contribution in [0.5, 0.6) is 17.5 Å². The summed E-state index contributed by atoms with van der Waals surface area (Å²) in [5.41, 5.74) is 1.81. The molecule has 8 nitrogen and oxygen atoms in total. The quantitative estimate of drug-likeness (QED) is 0.434. The van der Waals surface area contributed by atoms with Gasteiger partial charge in [-0.3, -0.25) is 9.78 Å². The molecule has 1 aliphatic carbocycles. The highest BCUT2D eigenvalue weighted by atomic mass is 16.3. The van der Waals surface area contributed by atoms with Crippen LogP contribution >= 0.6 is 0 Å². The monoisotopic (exact) mass is 386 g/mol. The Bertz CT molecular complexity index is 902. The zero-order chi connectivity index (χ0) is 20.3. The van der Waals surface area contributed by atoms with Crippen molar-refractivity contribution in [3.05, 3.63) is 35.5 Å². The van der Waals surface area contributed by atoms with E-state index < -0.39 is 0 Å². The fraction of sp³-hybridized carbons (Fsp3) is 0.350. The third kappa shape index (κ3) is 4.00. The molecule has 0 aliphatic heterocycles. The lowest BCUT2D eigenvalue weighted by molar-refractivity contribution is 0.0824. The number of phenols is 1. The fourth-order valence-electron chi connectivity index (χ4n) is 3.20. The first-order valence-electron chi connectivity index (χ1n) is 9.29. The molecule has 0 saturated carbocycles. The van der Waals surface area contributed by atoms with Gasteiger partial charge < -0.3 is 30.9 Å². The average Bonchev–Trinajstić information content (AvgIpc) is 2.84. The number of allylic oxidation sites excluding steroid dienone is 2. The van der Waals surface area contributed by atoms with E-state index in [0.29, 0.717) is 0 Å². The van der Waals surface area contributed by atoms with Gasteiger partial charge in [-0.1, -0.05) is 18.6 Å². The Balaban J connectivity index is 1.92. The second-order valence-corrected chi connectivity index (χ2v) is 7.05. The minimum atomic E-state index is -0.343. The molecule has 6 N–H and O–H groups in total. The first kappa shape index (κ1) is 19.5.